The van der Waals surface area contributed by atoms with E-state index < -0.39 is 6.10 Å². The van der Waals surface area contributed by atoms with Crippen LogP contribution >= 0.6 is 0 Å². The Morgan fingerprint density at radius 3 is 2.57 bits per heavy atom. The lowest BCUT2D eigenvalue weighted by atomic mass is 10.1. The van der Waals surface area contributed by atoms with Crippen LogP contribution in [0.1, 0.15) is 19.4 Å². The Morgan fingerprint density at radius 2 is 1.95 bits per heavy atom. The SMILES string of the molecule is CC(C)OCCOCC(O)CNc1ccc(CC#N)cc1. The molecular weight excluding hydrogens is 268 g/mol. The fourth-order valence-corrected chi connectivity index (χ4v) is 1.69. The summed E-state index contributed by atoms with van der Waals surface area (Å²) in [5.74, 6) is 0. The van der Waals surface area contributed by atoms with Gasteiger partial charge in [0.05, 0.1) is 44.5 Å². The number of nitrogens with zero attached hydrogens (tertiary/aromatic N) is 1. The van der Waals surface area contributed by atoms with E-state index in [0.717, 1.165) is 11.3 Å². The number of nitrogens with one attached hydrogen (secondary N) is 1. The van der Waals surface area contributed by atoms with Gasteiger partial charge in [-0.3, -0.25) is 0 Å². The third kappa shape index (κ3) is 8.30. The molecule has 1 atom stereocenters. The maximum atomic E-state index is 9.79. The molecule has 21 heavy (non-hydrogen) atoms. The second-order valence-electron chi connectivity index (χ2n) is 5.06. The van der Waals surface area contributed by atoms with Gasteiger partial charge < -0.3 is 19.9 Å². The lowest BCUT2D eigenvalue weighted by molar-refractivity contribution is -0.00734. The van der Waals surface area contributed by atoms with Crippen molar-refractivity contribution in [3.63, 3.8) is 0 Å². The first-order chi connectivity index (χ1) is 10.1. The number of hydrogen-bond donors (Lipinski definition) is 2. The number of aliphatic hydroxyl groups excluding tert-OH is 1. The first kappa shape index (κ1) is 17.4. The van der Waals surface area contributed by atoms with Crippen molar-refractivity contribution in [2.24, 2.45) is 0 Å². The van der Waals surface area contributed by atoms with Crippen molar-refractivity contribution in [3.05, 3.63) is 29.8 Å². The first-order valence-electron chi connectivity index (χ1n) is 7.19. The van der Waals surface area contributed by atoms with Crippen LogP contribution in [0.15, 0.2) is 24.3 Å². The topological polar surface area (TPSA) is 74.5 Å². The molecule has 0 bridgehead atoms. The van der Waals surface area contributed by atoms with Gasteiger partial charge in [0.25, 0.3) is 0 Å². The average Bonchev–Trinajstić information content (AvgIpc) is 2.46. The van der Waals surface area contributed by atoms with E-state index in [-0.39, 0.29) is 12.7 Å². The molecule has 1 unspecified atom stereocenters. The summed E-state index contributed by atoms with van der Waals surface area (Å²) in [4.78, 5) is 0. The molecule has 5 nitrogen and oxygen atoms in total. The smallest absolute Gasteiger partial charge is 0.0945 e. The Morgan fingerprint density at radius 1 is 1.24 bits per heavy atom. The van der Waals surface area contributed by atoms with E-state index in [0.29, 0.717) is 26.2 Å². The lowest BCUT2D eigenvalue weighted by Gasteiger charge is -2.14. The number of aliphatic hydroxyl groups is 1. The van der Waals surface area contributed by atoms with Gasteiger partial charge in [0.15, 0.2) is 0 Å². The highest BCUT2D eigenvalue weighted by Gasteiger charge is 2.04. The van der Waals surface area contributed by atoms with Crippen LogP contribution in [0, 0.1) is 11.3 Å². The fraction of sp³-hybridized carbons (Fsp3) is 0.562. The van der Waals surface area contributed by atoms with Gasteiger partial charge in [0, 0.05) is 12.2 Å². The van der Waals surface area contributed by atoms with E-state index in [2.05, 4.69) is 11.4 Å². The number of benzene rings is 1. The highest BCUT2D eigenvalue weighted by atomic mass is 16.5. The molecule has 0 fully saturated rings. The first-order valence-corrected chi connectivity index (χ1v) is 7.19. The summed E-state index contributed by atoms with van der Waals surface area (Å²) >= 11 is 0. The van der Waals surface area contributed by atoms with Gasteiger partial charge in [0.2, 0.25) is 0 Å². The molecule has 0 aliphatic rings. The van der Waals surface area contributed by atoms with Crippen LogP contribution in [-0.4, -0.2) is 43.7 Å². The van der Waals surface area contributed by atoms with Gasteiger partial charge in [-0.25, -0.2) is 0 Å². The van der Waals surface area contributed by atoms with E-state index in [9.17, 15) is 5.11 Å². The normalized spacial score (nSPS) is 12.1. The van der Waals surface area contributed by atoms with Crippen molar-refractivity contribution in [1.29, 1.82) is 5.26 Å². The molecule has 0 heterocycles. The predicted molar refractivity (Wildman–Crippen MR) is 82.2 cm³/mol. The number of anilines is 1. The number of rotatable bonds is 10. The zero-order chi connectivity index (χ0) is 15.5. The highest BCUT2D eigenvalue weighted by Crippen LogP contribution is 2.09. The minimum atomic E-state index is -0.567. The van der Waals surface area contributed by atoms with Crippen LogP contribution in [0.5, 0.6) is 0 Å². The van der Waals surface area contributed by atoms with Crippen LogP contribution in [0.4, 0.5) is 5.69 Å². The van der Waals surface area contributed by atoms with E-state index in [1.807, 2.05) is 38.1 Å². The molecule has 0 amide bonds. The summed E-state index contributed by atoms with van der Waals surface area (Å²) < 4.78 is 10.7. The second kappa shape index (κ2) is 10.2. The Hall–Kier alpha value is -1.61. The van der Waals surface area contributed by atoms with Crippen molar-refractivity contribution in [2.45, 2.75) is 32.5 Å². The largest absolute Gasteiger partial charge is 0.389 e. The van der Waals surface area contributed by atoms with E-state index in [4.69, 9.17) is 14.7 Å². The van der Waals surface area contributed by atoms with Gasteiger partial charge >= 0.3 is 0 Å². The van der Waals surface area contributed by atoms with Crippen LogP contribution < -0.4 is 5.32 Å². The Bertz CT molecular complexity index is 426. The molecule has 0 aromatic heterocycles. The molecule has 1 aromatic rings. The van der Waals surface area contributed by atoms with Crippen LogP contribution in [0.3, 0.4) is 0 Å². The monoisotopic (exact) mass is 292 g/mol. The van der Waals surface area contributed by atoms with Gasteiger partial charge in [0.1, 0.15) is 0 Å². The lowest BCUT2D eigenvalue weighted by Crippen LogP contribution is -2.25. The average molecular weight is 292 g/mol. The summed E-state index contributed by atoms with van der Waals surface area (Å²) in [5, 5.41) is 21.5. The van der Waals surface area contributed by atoms with Crippen molar-refractivity contribution >= 4 is 5.69 Å². The molecule has 0 spiro atoms. The van der Waals surface area contributed by atoms with Crippen molar-refractivity contribution in [2.75, 3.05) is 31.7 Å². The zero-order valence-electron chi connectivity index (χ0n) is 12.7. The molecule has 0 aliphatic carbocycles. The van der Waals surface area contributed by atoms with Gasteiger partial charge in [-0.05, 0) is 31.5 Å². The van der Waals surface area contributed by atoms with Gasteiger partial charge in [-0.1, -0.05) is 12.1 Å². The second-order valence-corrected chi connectivity index (χ2v) is 5.06. The maximum absolute atomic E-state index is 9.79. The Labute approximate surface area is 126 Å². The predicted octanol–water partition coefficient (Wildman–Crippen LogP) is 1.97. The number of ether oxygens (including phenoxy) is 2. The van der Waals surface area contributed by atoms with E-state index in [1.54, 1.807) is 0 Å². The fourth-order valence-electron chi connectivity index (χ4n) is 1.69. The van der Waals surface area contributed by atoms with Crippen LogP contribution in [0.2, 0.25) is 0 Å². The van der Waals surface area contributed by atoms with Crippen molar-refractivity contribution < 1.29 is 14.6 Å². The molecule has 0 radical (unpaired) electrons. The standard InChI is InChI=1S/C16H24N2O3/c1-13(2)21-10-9-20-12-16(19)11-18-15-5-3-14(4-6-15)7-8-17/h3-6,13,16,18-19H,7,9-12H2,1-2H3. The molecule has 116 valence electrons. The quantitative estimate of drug-likeness (QED) is 0.645. The summed E-state index contributed by atoms with van der Waals surface area (Å²) in [7, 11) is 0. The summed E-state index contributed by atoms with van der Waals surface area (Å²) in [6.07, 6.45) is 0.0434. The number of nitriles is 1. The van der Waals surface area contributed by atoms with Crippen LogP contribution in [0.25, 0.3) is 0 Å². The molecular formula is C16H24N2O3. The van der Waals surface area contributed by atoms with Gasteiger partial charge in [-0.15, -0.1) is 0 Å². The summed E-state index contributed by atoms with van der Waals surface area (Å²) in [6.45, 7) is 5.67. The molecule has 2 N–H and O–H groups in total. The highest BCUT2D eigenvalue weighted by molar-refractivity contribution is 5.45. The molecule has 0 aliphatic heterocycles. The number of hydrogen-bond acceptors (Lipinski definition) is 5. The molecule has 0 saturated heterocycles. The maximum Gasteiger partial charge on any atom is 0.0945 e. The van der Waals surface area contributed by atoms with Crippen molar-refractivity contribution in [1.82, 2.24) is 0 Å². The minimum absolute atomic E-state index is 0.198. The molecule has 0 saturated carbocycles. The van der Waals surface area contributed by atoms with E-state index >= 15 is 0 Å². The van der Waals surface area contributed by atoms with E-state index in [1.165, 1.54) is 0 Å². The minimum Gasteiger partial charge on any atom is -0.389 e. The molecule has 5 heteroatoms. The molecule has 1 rings (SSSR count). The van der Waals surface area contributed by atoms with Crippen molar-refractivity contribution in [3.8, 4) is 6.07 Å². The molecule has 1 aromatic carbocycles. The third-order valence-electron chi connectivity index (χ3n) is 2.77. The van der Waals surface area contributed by atoms with Crippen LogP contribution in [-0.2, 0) is 15.9 Å². The summed E-state index contributed by atoms with van der Waals surface area (Å²) in [5.41, 5.74) is 1.90. The Balaban J connectivity index is 2.14. The third-order valence-corrected chi connectivity index (χ3v) is 2.77. The Kier molecular flexibility index (Phi) is 8.44. The zero-order valence-corrected chi connectivity index (χ0v) is 12.7. The summed E-state index contributed by atoms with van der Waals surface area (Å²) in [6, 6.07) is 9.71. The van der Waals surface area contributed by atoms with Gasteiger partial charge in [-0.2, -0.15) is 5.26 Å².